The van der Waals surface area contributed by atoms with Crippen molar-refractivity contribution in [2.45, 2.75) is 13.8 Å². The van der Waals surface area contributed by atoms with Crippen molar-refractivity contribution in [1.82, 2.24) is 10.4 Å². The lowest BCUT2D eigenvalue weighted by molar-refractivity contribution is 0.323. The molecule has 1 aliphatic heterocycles. The molecule has 0 saturated carbocycles. The fourth-order valence-electron chi connectivity index (χ4n) is 0.787. The van der Waals surface area contributed by atoms with E-state index in [1.54, 1.807) is 0 Å². The molecule has 0 aromatic heterocycles. The maximum absolute atomic E-state index is 3.20. The molecule has 0 aromatic carbocycles. The highest BCUT2D eigenvalue weighted by Crippen LogP contribution is 2.00. The minimum Gasteiger partial charge on any atom is -0.316 e. The summed E-state index contributed by atoms with van der Waals surface area (Å²) in [6.45, 7) is 6.33. The molecule has 0 unspecified atom stereocenters. The first-order valence-corrected chi connectivity index (χ1v) is 3.00. The van der Waals surface area contributed by atoms with Gasteiger partial charge in [0, 0.05) is 19.3 Å². The summed E-state index contributed by atoms with van der Waals surface area (Å²) in [7, 11) is 0. The third-order valence-corrected chi connectivity index (χ3v) is 1.28. The van der Waals surface area contributed by atoms with Crippen molar-refractivity contribution in [1.29, 1.82) is 0 Å². The number of rotatable bonds is 1. The van der Waals surface area contributed by atoms with Crippen LogP contribution in [0, 0.1) is 0 Å². The molecule has 1 heterocycles. The van der Waals surface area contributed by atoms with E-state index < -0.39 is 0 Å². The van der Waals surface area contributed by atoms with Gasteiger partial charge in [-0.2, -0.15) is 0 Å². The summed E-state index contributed by atoms with van der Waals surface area (Å²) >= 11 is 0. The van der Waals surface area contributed by atoms with Crippen molar-refractivity contribution in [2.75, 3.05) is 13.1 Å². The molecule has 2 heteroatoms. The minimum atomic E-state index is 1.02. The van der Waals surface area contributed by atoms with E-state index in [0.717, 1.165) is 13.1 Å². The summed E-state index contributed by atoms with van der Waals surface area (Å²) in [6.07, 6.45) is 2.14. The normalized spacial score (nSPS) is 19.2. The summed E-state index contributed by atoms with van der Waals surface area (Å²) in [6, 6.07) is 0. The van der Waals surface area contributed by atoms with Crippen LogP contribution in [0.2, 0.25) is 0 Å². The second-order valence-electron chi connectivity index (χ2n) is 2.10. The van der Waals surface area contributed by atoms with Gasteiger partial charge in [-0.25, -0.2) is 5.43 Å². The van der Waals surface area contributed by atoms with Crippen molar-refractivity contribution in [3.8, 4) is 0 Å². The van der Waals surface area contributed by atoms with Crippen LogP contribution in [0.25, 0.3) is 0 Å². The fourth-order valence-corrected chi connectivity index (χ4v) is 0.787. The number of hydrazine groups is 1. The van der Waals surface area contributed by atoms with E-state index in [2.05, 4.69) is 30.5 Å². The summed E-state index contributed by atoms with van der Waals surface area (Å²) in [5, 5.41) is 2.09. The average molecular weight is 112 g/mol. The Morgan fingerprint density at radius 3 is 2.88 bits per heavy atom. The Morgan fingerprint density at radius 1 is 1.88 bits per heavy atom. The maximum Gasteiger partial charge on any atom is 0.0375 e. The van der Waals surface area contributed by atoms with Gasteiger partial charge in [0.25, 0.3) is 0 Å². The molecular weight excluding hydrogens is 100 g/mol. The molecule has 0 spiro atoms. The molecule has 0 fully saturated rings. The first-order chi connectivity index (χ1) is 3.83. The topological polar surface area (TPSA) is 15.3 Å². The predicted molar refractivity (Wildman–Crippen MR) is 34.1 cm³/mol. The zero-order valence-corrected chi connectivity index (χ0v) is 5.44. The van der Waals surface area contributed by atoms with E-state index in [9.17, 15) is 0 Å². The Balaban J connectivity index is 2.41. The van der Waals surface area contributed by atoms with Crippen LogP contribution < -0.4 is 5.43 Å². The maximum atomic E-state index is 3.20. The Hall–Kier alpha value is -0.500. The second-order valence-corrected chi connectivity index (χ2v) is 2.10. The van der Waals surface area contributed by atoms with Gasteiger partial charge in [-0.1, -0.05) is 0 Å². The van der Waals surface area contributed by atoms with Crippen LogP contribution in [0.15, 0.2) is 11.8 Å². The van der Waals surface area contributed by atoms with Crippen molar-refractivity contribution in [2.24, 2.45) is 0 Å². The van der Waals surface area contributed by atoms with Crippen LogP contribution in [0.5, 0.6) is 0 Å². The number of nitrogens with zero attached hydrogens (tertiary/aromatic N) is 1. The lowest BCUT2D eigenvalue weighted by Gasteiger charge is -2.10. The zero-order valence-electron chi connectivity index (χ0n) is 5.44. The number of hydrogen-bond donors (Lipinski definition) is 1. The standard InChI is InChI=1S/C6H12N2/c1-3-8-5-6(2)4-7-8/h5,7H,3-4H2,1-2H3. The third-order valence-electron chi connectivity index (χ3n) is 1.28. The van der Waals surface area contributed by atoms with Gasteiger partial charge in [0.2, 0.25) is 0 Å². The molecule has 0 atom stereocenters. The van der Waals surface area contributed by atoms with E-state index in [1.807, 2.05) is 0 Å². The lowest BCUT2D eigenvalue weighted by atomic mass is 10.4. The molecular formula is C6H12N2. The quantitative estimate of drug-likeness (QED) is 0.538. The van der Waals surface area contributed by atoms with Gasteiger partial charge >= 0.3 is 0 Å². The summed E-state index contributed by atoms with van der Waals surface area (Å²) in [5.74, 6) is 0. The summed E-state index contributed by atoms with van der Waals surface area (Å²) in [4.78, 5) is 0. The molecule has 0 aromatic rings. The molecule has 0 saturated heterocycles. The van der Waals surface area contributed by atoms with E-state index in [0.29, 0.717) is 0 Å². The van der Waals surface area contributed by atoms with Crippen molar-refractivity contribution in [3.05, 3.63) is 11.8 Å². The summed E-state index contributed by atoms with van der Waals surface area (Å²) in [5.41, 5.74) is 4.61. The molecule has 1 aliphatic rings. The minimum absolute atomic E-state index is 1.02. The van der Waals surface area contributed by atoms with Crippen LogP contribution in [0.1, 0.15) is 13.8 Å². The highest BCUT2D eigenvalue weighted by molar-refractivity contribution is 5.03. The van der Waals surface area contributed by atoms with Gasteiger partial charge in [-0.05, 0) is 19.4 Å². The first kappa shape index (κ1) is 5.63. The third kappa shape index (κ3) is 1.01. The Kier molecular flexibility index (Phi) is 1.53. The van der Waals surface area contributed by atoms with E-state index in [-0.39, 0.29) is 0 Å². The fraction of sp³-hybridized carbons (Fsp3) is 0.667. The van der Waals surface area contributed by atoms with Crippen molar-refractivity contribution >= 4 is 0 Å². The molecule has 2 nitrogen and oxygen atoms in total. The van der Waals surface area contributed by atoms with Gasteiger partial charge < -0.3 is 5.01 Å². The Bertz CT molecular complexity index is 107. The highest BCUT2D eigenvalue weighted by atomic mass is 15.5. The van der Waals surface area contributed by atoms with Gasteiger partial charge in [0.1, 0.15) is 0 Å². The number of nitrogens with one attached hydrogen (secondary N) is 1. The molecule has 1 N–H and O–H groups in total. The van der Waals surface area contributed by atoms with Crippen LogP contribution in [0.3, 0.4) is 0 Å². The van der Waals surface area contributed by atoms with E-state index in [1.165, 1.54) is 5.57 Å². The Labute approximate surface area is 50.1 Å². The van der Waals surface area contributed by atoms with Gasteiger partial charge in [0.05, 0.1) is 0 Å². The molecule has 1 rings (SSSR count). The number of hydrogen-bond acceptors (Lipinski definition) is 2. The van der Waals surface area contributed by atoms with Crippen LogP contribution in [-0.4, -0.2) is 18.1 Å². The molecule has 0 radical (unpaired) electrons. The van der Waals surface area contributed by atoms with Crippen LogP contribution in [-0.2, 0) is 0 Å². The van der Waals surface area contributed by atoms with Crippen molar-refractivity contribution in [3.63, 3.8) is 0 Å². The van der Waals surface area contributed by atoms with E-state index in [4.69, 9.17) is 0 Å². The second kappa shape index (κ2) is 2.18. The van der Waals surface area contributed by atoms with Gasteiger partial charge in [-0.3, -0.25) is 0 Å². The molecule has 46 valence electrons. The first-order valence-electron chi connectivity index (χ1n) is 3.00. The van der Waals surface area contributed by atoms with E-state index >= 15 is 0 Å². The molecule has 0 aliphatic carbocycles. The van der Waals surface area contributed by atoms with Crippen LogP contribution in [0.4, 0.5) is 0 Å². The Morgan fingerprint density at radius 2 is 2.62 bits per heavy atom. The van der Waals surface area contributed by atoms with Gasteiger partial charge in [-0.15, -0.1) is 0 Å². The van der Waals surface area contributed by atoms with Gasteiger partial charge in [0.15, 0.2) is 0 Å². The zero-order chi connectivity index (χ0) is 5.98. The highest BCUT2D eigenvalue weighted by Gasteiger charge is 2.03. The predicted octanol–water partition coefficient (Wildman–Crippen LogP) is 0.730. The SMILES string of the molecule is CCN1C=C(C)CN1. The molecule has 0 amide bonds. The van der Waals surface area contributed by atoms with Crippen molar-refractivity contribution < 1.29 is 0 Å². The largest absolute Gasteiger partial charge is 0.316 e. The molecule has 8 heavy (non-hydrogen) atoms. The van der Waals surface area contributed by atoms with Crippen LogP contribution >= 0.6 is 0 Å². The average Bonchev–Trinajstić information content (AvgIpc) is 2.14. The summed E-state index contributed by atoms with van der Waals surface area (Å²) < 4.78 is 0. The lowest BCUT2D eigenvalue weighted by Crippen LogP contribution is -2.28. The molecule has 0 bridgehead atoms. The smallest absolute Gasteiger partial charge is 0.0375 e. The monoisotopic (exact) mass is 112 g/mol.